The van der Waals surface area contributed by atoms with Crippen LogP contribution in [0.25, 0.3) is 0 Å². The minimum atomic E-state index is 0.180. The molecular formula is C15H21N3. The van der Waals surface area contributed by atoms with Crippen molar-refractivity contribution in [2.45, 2.75) is 32.2 Å². The number of nitrogens with two attached hydrogens (primary N) is 1. The number of hydrogen-bond donors (Lipinski definition) is 1. The second kappa shape index (κ2) is 5.83. The predicted octanol–water partition coefficient (Wildman–Crippen LogP) is 2.23. The molecule has 3 heteroatoms. The summed E-state index contributed by atoms with van der Waals surface area (Å²) in [6.45, 7) is 2.15. The molecule has 1 aromatic heterocycles. The highest BCUT2D eigenvalue weighted by Crippen LogP contribution is 2.11. The Morgan fingerprint density at radius 3 is 2.72 bits per heavy atom. The molecule has 0 aliphatic heterocycles. The molecule has 2 rings (SSSR count). The topological polar surface area (TPSA) is 43.8 Å². The fourth-order valence-corrected chi connectivity index (χ4v) is 2.17. The summed E-state index contributed by atoms with van der Waals surface area (Å²) in [5.41, 5.74) is 9.99. The number of hydrogen-bond acceptors (Lipinski definition) is 2. The standard InChI is InChI=1S/C15H21N3/c1-12-5-3-4-6-13(12)7-8-14(16)11-15-9-10-18(2)17-15/h3-6,9-10,14H,7-8,11,16H2,1-2H3. The van der Waals surface area contributed by atoms with Crippen LogP contribution in [0.15, 0.2) is 36.5 Å². The van der Waals surface area contributed by atoms with E-state index < -0.39 is 0 Å². The molecule has 0 radical (unpaired) electrons. The van der Waals surface area contributed by atoms with Crippen LogP contribution in [0.3, 0.4) is 0 Å². The Hall–Kier alpha value is -1.61. The van der Waals surface area contributed by atoms with Crippen molar-refractivity contribution in [2.24, 2.45) is 12.8 Å². The average Bonchev–Trinajstić information content (AvgIpc) is 2.74. The third-order valence-corrected chi connectivity index (χ3v) is 3.29. The van der Waals surface area contributed by atoms with E-state index in [0.29, 0.717) is 0 Å². The molecule has 3 nitrogen and oxygen atoms in total. The molecule has 1 aromatic carbocycles. The fraction of sp³-hybridized carbons (Fsp3) is 0.400. The van der Waals surface area contributed by atoms with Gasteiger partial charge in [-0.25, -0.2) is 0 Å². The first-order valence-corrected chi connectivity index (χ1v) is 6.44. The highest BCUT2D eigenvalue weighted by atomic mass is 15.2. The maximum atomic E-state index is 6.16. The summed E-state index contributed by atoms with van der Waals surface area (Å²) in [4.78, 5) is 0. The van der Waals surface area contributed by atoms with Crippen LogP contribution in [0.4, 0.5) is 0 Å². The molecule has 0 saturated carbocycles. The summed E-state index contributed by atoms with van der Waals surface area (Å²) in [7, 11) is 1.93. The average molecular weight is 243 g/mol. The van der Waals surface area contributed by atoms with Crippen molar-refractivity contribution >= 4 is 0 Å². The van der Waals surface area contributed by atoms with Crippen molar-refractivity contribution in [1.29, 1.82) is 0 Å². The summed E-state index contributed by atoms with van der Waals surface area (Å²) >= 11 is 0. The van der Waals surface area contributed by atoms with Gasteiger partial charge in [0.25, 0.3) is 0 Å². The summed E-state index contributed by atoms with van der Waals surface area (Å²) in [5, 5.41) is 4.36. The molecule has 0 spiro atoms. The van der Waals surface area contributed by atoms with E-state index >= 15 is 0 Å². The first-order chi connectivity index (χ1) is 8.65. The Labute approximate surface area is 109 Å². The maximum absolute atomic E-state index is 6.16. The lowest BCUT2D eigenvalue weighted by Crippen LogP contribution is -2.24. The number of benzene rings is 1. The molecule has 2 aromatic rings. The lowest BCUT2D eigenvalue weighted by atomic mass is 9.99. The highest BCUT2D eigenvalue weighted by Gasteiger charge is 2.07. The van der Waals surface area contributed by atoms with Gasteiger partial charge in [0.2, 0.25) is 0 Å². The number of aromatic nitrogens is 2. The van der Waals surface area contributed by atoms with E-state index in [1.54, 1.807) is 0 Å². The summed E-state index contributed by atoms with van der Waals surface area (Å²) in [5.74, 6) is 0. The van der Waals surface area contributed by atoms with Crippen LogP contribution in [0.2, 0.25) is 0 Å². The molecule has 1 unspecified atom stereocenters. The molecule has 1 atom stereocenters. The second-order valence-corrected chi connectivity index (χ2v) is 4.91. The van der Waals surface area contributed by atoms with E-state index in [4.69, 9.17) is 5.73 Å². The normalized spacial score (nSPS) is 12.6. The lowest BCUT2D eigenvalue weighted by Gasteiger charge is -2.11. The Morgan fingerprint density at radius 2 is 2.06 bits per heavy atom. The van der Waals surface area contributed by atoms with Crippen molar-refractivity contribution in [3.63, 3.8) is 0 Å². The Kier molecular flexibility index (Phi) is 4.15. The molecule has 0 aliphatic carbocycles. The van der Waals surface area contributed by atoms with Gasteiger partial charge < -0.3 is 5.73 Å². The smallest absolute Gasteiger partial charge is 0.0639 e. The van der Waals surface area contributed by atoms with Crippen molar-refractivity contribution in [3.05, 3.63) is 53.3 Å². The van der Waals surface area contributed by atoms with Crippen LogP contribution >= 0.6 is 0 Å². The van der Waals surface area contributed by atoms with Gasteiger partial charge in [-0.2, -0.15) is 5.10 Å². The monoisotopic (exact) mass is 243 g/mol. The minimum absolute atomic E-state index is 0.180. The molecule has 0 saturated heterocycles. The van der Waals surface area contributed by atoms with Crippen molar-refractivity contribution in [2.75, 3.05) is 0 Å². The zero-order chi connectivity index (χ0) is 13.0. The molecule has 0 amide bonds. The van der Waals surface area contributed by atoms with E-state index in [1.807, 2.05) is 24.0 Å². The fourth-order valence-electron chi connectivity index (χ4n) is 2.17. The molecular weight excluding hydrogens is 222 g/mol. The van der Waals surface area contributed by atoms with Crippen LogP contribution in [0, 0.1) is 6.92 Å². The van der Waals surface area contributed by atoms with Crippen molar-refractivity contribution < 1.29 is 0 Å². The Bertz CT molecular complexity index is 502. The molecule has 96 valence electrons. The van der Waals surface area contributed by atoms with Gasteiger partial charge in [-0.1, -0.05) is 24.3 Å². The van der Waals surface area contributed by atoms with E-state index in [2.05, 4.69) is 36.3 Å². The van der Waals surface area contributed by atoms with E-state index in [1.165, 1.54) is 11.1 Å². The molecule has 0 fully saturated rings. The van der Waals surface area contributed by atoms with Crippen LogP contribution in [0.5, 0.6) is 0 Å². The van der Waals surface area contributed by atoms with Crippen LogP contribution in [-0.4, -0.2) is 15.8 Å². The van der Waals surface area contributed by atoms with E-state index in [9.17, 15) is 0 Å². The van der Waals surface area contributed by atoms with Gasteiger partial charge in [-0.15, -0.1) is 0 Å². The molecule has 0 bridgehead atoms. The van der Waals surface area contributed by atoms with E-state index in [-0.39, 0.29) is 6.04 Å². The number of nitrogens with zero attached hydrogens (tertiary/aromatic N) is 2. The highest BCUT2D eigenvalue weighted by molar-refractivity contribution is 5.25. The van der Waals surface area contributed by atoms with Crippen LogP contribution in [-0.2, 0) is 19.9 Å². The van der Waals surface area contributed by atoms with Gasteiger partial charge in [-0.05, 0) is 37.0 Å². The van der Waals surface area contributed by atoms with E-state index in [0.717, 1.165) is 25.0 Å². The SMILES string of the molecule is Cc1ccccc1CCC(N)Cc1ccn(C)n1. The van der Waals surface area contributed by atoms with Gasteiger partial charge >= 0.3 is 0 Å². The molecule has 18 heavy (non-hydrogen) atoms. The number of rotatable bonds is 5. The van der Waals surface area contributed by atoms with Gasteiger partial charge in [0.05, 0.1) is 5.69 Å². The predicted molar refractivity (Wildman–Crippen MR) is 74.4 cm³/mol. The van der Waals surface area contributed by atoms with Gasteiger partial charge in [0.1, 0.15) is 0 Å². The summed E-state index contributed by atoms with van der Waals surface area (Å²) in [6, 6.07) is 10.7. The van der Waals surface area contributed by atoms with Crippen LogP contribution in [0.1, 0.15) is 23.2 Å². The van der Waals surface area contributed by atoms with Crippen LogP contribution < -0.4 is 5.73 Å². The third-order valence-electron chi connectivity index (χ3n) is 3.29. The first-order valence-electron chi connectivity index (χ1n) is 6.44. The van der Waals surface area contributed by atoms with Gasteiger partial charge in [0.15, 0.2) is 0 Å². The lowest BCUT2D eigenvalue weighted by molar-refractivity contribution is 0.594. The first kappa shape index (κ1) is 12.8. The zero-order valence-electron chi connectivity index (χ0n) is 11.1. The maximum Gasteiger partial charge on any atom is 0.0639 e. The molecule has 2 N–H and O–H groups in total. The molecule has 0 aliphatic rings. The second-order valence-electron chi connectivity index (χ2n) is 4.91. The van der Waals surface area contributed by atoms with Gasteiger partial charge in [0, 0.05) is 25.7 Å². The van der Waals surface area contributed by atoms with Crippen molar-refractivity contribution in [3.8, 4) is 0 Å². The Balaban J connectivity index is 1.85. The zero-order valence-corrected chi connectivity index (χ0v) is 11.1. The summed E-state index contributed by atoms with van der Waals surface area (Å²) in [6.07, 6.45) is 4.86. The van der Waals surface area contributed by atoms with Gasteiger partial charge in [-0.3, -0.25) is 4.68 Å². The summed E-state index contributed by atoms with van der Waals surface area (Å²) < 4.78 is 1.82. The minimum Gasteiger partial charge on any atom is -0.327 e. The van der Waals surface area contributed by atoms with Crippen molar-refractivity contribution in [1.82, 2.24) is 9.78 Å². The largest absolute Gasteiger partial charge is 0.327 e. The number of aryl methyl sites for hydroxylation is 3. The quantitative estimate of drug-likeness (QED) is 0.875. The molecule has 1 heterocycles. The third kappa shape index (κ3) is 3.44. The Morgan fingerprint density at radius 1 is 1.28 bits per heavy atom.